The van der Waals surface area contributed by atoms with Crippen LogP contribution in [0.4, 0.5) is 13.2 Å². The second-order valence-electron chi connectivity index (χ2n) is 7.13. The molecule has 30 heavy (non-hydrogen) atoms. The van der Waals surface area contributed by atoms with Crippen molar-refractivity contribution in [2.24, 2.45) is 0 Å². The number of hydrogen-bond acceptors (Lipinski definition) is 3. The fraction of sp³-hybridized carbons (Fsp3) is 0.364. The van der Waals surface area contributed by atoms with Gasteiger partial charge in [0.2, 0.25) is 11.8 Å². The molecule has 0 saturated carbocycles. The molecule has 1 fully saturated rings. The first-order chi connectivity index (χ1) is 14.3. The molecule has 2 aromatic carbocycles. The lowest BCUT2D eigenvalue weighted by Crippen LogP contribution is -2.36. The molecule has 0 aliphatic carbocycles. The Morgan fingerprint density at radius 1 is 1.07 bits per heavy atom. The number of hydrogen-bond donors (Lipinski definition) is 0. The third-order valence-electron chi connectivity index (χ3n) is 5.10. The van der Waals surface area contributed by atoms with Gasteiger partial charge in [-0.05, 0) is 23.8 Å². The lowest BCUT2D eigenvalue weighted by atomic mass is 10.1. The highest BCUT2D eigenvalue weighted by atomic mass is 19.4. The average Bonchev–Trinajstić information content (AvgIpc) is 2.90. The predicted octanol–water partition coefficient (Wildman–Crippen LogP) is 3.52. The lowest BCUT2D eigenvalue weighted by Gasteiger charge is -2.23. The molecule has 2 aromatic rings. The van der Waals surface area contributed by atoms with E-state index >= 15 is 0 Å². The summed E-state index contributed by atoms with van der Waals surface area (Å²) in [5.41, 5.74) is 0.434. The average molecular weight is 420 g/mol. The van der Waals surface area contributed by atoms with Crippen LogP contribution in [0.15, 0.2) is 48.5 Å². The van der Waals surface area contributed by atoms with Crippen molar-refractivity contribution in [3.63, 3.8) is 0 Å². The molecule has 0 N–H and O–H groups in total. The van der Waals surface area contributed by atoms with Crippen LogP contribution in [0.1, 0.15) is 23.1 Å². The van der Waals surface area contributed by atoms with Crippen molar-refractivity contribution < 1.29 is 27.5 Å². The van der Waals surface area contributed by atoms with Crippen LogP contribution in [-0.2, 0) is 28.7 Å². The van der Waals surface area contributed by atoms with E-state index in [1.165, 1.54) is 11.0 Å². The van der Waals surface area contributed by atoms with Gasteiger partial charge in [0.25, 0.3) is 0 Å². The monoisotopic (exact) mass is 420 g/mol. The normalized spacial score (nSPS) is 15.1. The molecule has 1 heterocycles. The number of amides is 2. The Morgan fingerprint density at radius 2 is 1.83 bits per heavy atom. The molecule has 0 bridgehead atoms. The van der Waals surface area contributed by atoms with E-state index in [9.17, 15) is 22.8 Å². The number of halogens is 3. The number of carbonyl (C=O) groups excluding carboxylic acids is 2. The molecule has 160 valence electrons. The Bertz CT molecular complexity index is 914. The summed E-state index contributed by atoms with van der Waals surface area (Å²) in [6, 6.07) is 12.2. The van der Waals surface area contributed by atoms with Crippen LogP contribution in [-0.4, -0.2) is 48.4 Å². The number of carbonyl (C=O) groups is 2. The van der Waals surface area contributed by atoms with Gasteiger partial charge in [0.1, 0.15) is 5.75 Å². The van der Waals surface area contributed by atoms with Gasteiger partial charge in [0.15, 0.2) is 0 Å². The highest BCUT2D eigenvalue weighted by Gasteiger charge is 2.31. The van der Waals surface area contributed by atoms with E-state index in [2.05, 4.69) is 0 Å². The van der Waals surface area contributed by atoms with Crippen LogP contribution in [0.2, 0.25) is 0 Å². The number of benzene rings is 2. The molecule has 0 atom stereocenters. The molecule has 5 nitrogen and oxygen atoms in total. The maximum absolute atomic E-state index is 12.9. The zero-order valence-corrected chi connectivity index (χ0v) is 16.6. The molecular weight excluding hydrogens is 397 g/mol. The van der Waals surface area contributed by atoms with E-state index in [4.69, 9.17) is 4.74 Å². The fourth-order valence-electron chi connectivity index (χ4n) is 3.47. The molecule has 2 amide bonds. The van der Waals surface area contributed by atoms with Gasteiger partial charge in [0.05, 0.1) is 19.1 Å². The second kappa shape index (κ2) is 9.19. The van der Waals surface area contributed by atoms with Crippen molar-refractivity contribution in [1.82, 2.24) is 9.80 Å². The standard InChI is InChI=1S/C22H23F3N2O3/c1-30-19-8-3-2-6-17(19)14-21(29)26-10-9-20(28)27(12-11-26)15-16-5-4-7-18(13-16)22(23,24)25/h2-8,13H,9-12,14-15H2,1H3. The molecular formula is C22H23F3N2O3. The Morgan fingerprint density at radius 3 is 2.57 bits per heavy atom. The van der Waals surface area contributed by atoms with Gasteiger partial charge < -0.3 is 14.5 Å². The minimum atomic E-state index is -4.43. The SMILES string of the molecule is COc1ccccc1CC(=O)N1CCC(=O)N(Cc2cccc(C(F)(F)F)c2)CC1. The van der Waals surface area contributed by atoms with E-state index in [1.54, 1.807) is 24.1 Å². The number of ether oxygens (including phenoxy) is 1. The summed E-state index contributed by atoms with van der Waals surface area (Å²) in [6.45, 7) is 0.967. The fourth-order valence-corrected chi connectivity index (χ4v) is 3.47. The van der Waals surface area contributed by atoms with Crippen molar-refractivity contribution in [3.8, 4) is 5.75 Å². The smallest absolute Gasteiger partial charge is 0.416 e. The van der Waals surface area contributed by atoms with E-state index < -0.39 is 11.7 Å². The first kappa shape index (κ1) is 21.7. The quantitative estimate of drug-likeness (QED) is 0.744. The highest BCUT2D eigenvalue weighted by molar-refractivity contribution is 5.82. The van der Waals surface area contributed by atoms with Gasteiger partial charge >= 0.3 is 6.18 Å². The first-order valence-corrected chi connectivity index (χ1v) is 9.61. The van der Waals surface area contributed by atoms with Crippen LogP contribution >= 0.6 is 0 Å². The predicted molar refractivity (Wildman–Crippen MR) is 105 cm³/mol. The third kappa shape index (κ3) is 5.31. The van der Waals surface area contributed by atoms with Gasteiger partial charge in [-0.1, -0.05) is 30.3 Å². The minimum absolute atomic E-state index is 0.0806. The van der Waals surface area contributed by atoms with Gasteiger partial charge in [-0.25, -0.2) is 0 Å². The largest absolute Gasteiger partial charge is 0.496 e. The van der Waals surface area contributed by atoms with Crippen molar-refractivity contribution in [2.45, 2.75) is 25.6 Å². The van der Waals surface area contributed by atoms with Crippen molar-refractivity contribution in [1.29, 1.82) is 0 Å². The molecule has 1 aliphatic rings. The topological polar surface area (TPSA) is 49.9 Å². The number of methoxy groups -OCH3 is 1. The second-order valence-corrected chi connectivity index (χ2v) is 7.13. The Labute approximate surface area is 173 Å². The molecule has 0 radical (unpaired) electrons. The summed E-state index contributed by atoms with van der Waals surface area (Å²) in [6.07, 6.45) is -4.14. The summed E-state index contributed by atoms with van der Waals surface area (Å²) >= 11 is 0. The highest BCUT2D eigenvalue weighted by Crippen LogP contribution is 2.30. The molecule has 8 heteroatoms. The number of alkyl halides is 3. The van der Waals surface area contributed by atoms with E-state index in [0.717, 1.165) is 17.7 Å². The summed E-state index contributed by atoms with van der Waals surface area (Å²) in [7, 11) is 1.54. The third-order valence-corrected chi connectivity index (χ3v) is 5.10. The zero-order chi connectivity index (χ0) is 21.7. The lowest BCUT2D eigenvalue weighted by molar-refractivity contribution is -0.137. The minimum Gasteiger partial charge on any atom is -0.496 e. The number of nitrogens with zero attached hydrogens (tertiary/aromatic N) is 2. The summed E-state index contributed by atoms with van der Waals surface area (Å²) in [4.78, 5) is 28.3. The molecule has 0 spiro atoms. The molecule has 0 unspecified atom stereocenters. The Hall–Kier alpha value is -3.03. The zero-order valence-electron chi connectivity index (χ0n) is 16.6. The Balaban J connectivity index is 1.64. The molecule has 3 rings (SSSR count). The van der Waals surface area contributed by atoms with Gasteiger partial charge in [0, 0.05) is 38.2 Å². The maximum Gasteiger partial charge on any atom is 0.416 e. The maximum atomic E-state index is 12.9. The molecule has 1 aliphatic heterocycles. The first-order valence-electron chi connectivity index (χ1n) is 9.61. The van der Waals surface area contributed by atoms with Crippen molar-refractivity contribution in [3.05, 3.63) is 65.2 Å². The van der Waals surface area contributed by atoms with E-state index in [0.29, 0.717) is 17.9 Å². The van der Waals surface area contributed by atoms with Gasteiger partial charge in [-0.15, -0.1) is 0 Å². The molecule has 0 aromatic heterocycles. The summed E-state index contributed by atoms with van der Waals surface area (Å²) in [5.74, 6) is 0.330. The number of rotatable bonds is 5. The number of para-hydroxylation sites is 1. The van der Waals surface area contributed by atoms with Crippen LogP contribution in [0.3, 0.4) is 0 Å². The van der Waals surface area contributed by atoms with Crippen LogP contribution < -0.4 is 4.74 Å². The Kier molecular flexibility index (Phi) is 6.64. The van der Waals surface area contributed by atoms with Crippen molar-refractivity contribution >= 4 is 11.8 Å². The van der Waals surface area contributed by atoms with Crippen LogP contribution in [0.25, 0.3) is 0 Å². The van der Waals surface area contributed by atoms with Crippen LogP contribution in [0.5, 0.6) is 5.75 Å². The summed E-state index contributed by atoms with van der Waals surface area (Å²) < 4.78 is 44.1. The van der Waals surface area contributed by atoms with E-state index in [1.807, 2.05) is 18.2 Å². The van der Waals surface area contributed by atoms with Gasteiger partial charge in [-0.3, -0.25) is 9.59 Å². The van der Waals surface area contributed by atoms with Gasteiger partial charge in [-0.2, -0.15) is 13.2 Å². The summed E-state index contributed by atoms with van der Waals surface area (Å²) in [5, 5.41) is 0. The molecule has 1 saturated heterocycles. The van der Waals surface area contributed by atoms with Crippen LogP contribution in [0, 0.1) is 0 Å². The van der Waals surface area contributed by atoms with Crippen molar-refractivity contribution in [2.75, 3.05) is 26.7 Å². The van der Waals surface area contributed by atoms with E-state index in [-0.39, 0.29) is 44.3 Å².